The van der Waals surface area contributed by atoms with Gasteiger partial charge in [-0.3, -0.25) is 9.59 Å². The van der Waals surface area contributed by atoms with Crippen LogP contribution in [0.3, 0.4) is 0 Å². The molecular weight excluding hydrogens is 248 g/mol. The lowest BCUT2D eigenvalue weighted by Gasteiger charge is -2.61. The van der Waals surface area contributed by atoms with Crippen molar-refractivity contribution in [2.75, 3.05) is 0 Å². The van der Waals surface area contributed by atoms with E-state index in [0.29, 0.717) is 0 Å². The van der Waals surface area contributed by atoms with Gasteiger partial charge in [-0.2, -0.15) is 0 Å². The third-order valence-corrected chi connectivity index (χ3v) is 5.57. The van der Waals surface area contributed by atoms with Gasteiger partial charge < -0.3 is 0 Å². The van der Waals surface area contributed by atoms with Crippen molar-refractivity contribution in [3.63, 3.8) is 0 Å². The van der Waals surface area contributed by atoms with Gasteiger partial charge in [-0.1, -0.05) is 65.3 Å². The maximum absolute atomic E-state index is 12.8. The molecule has 0 aromatic rings. The molecule has 4 aliphatic carbocycles. The molecule has 0 aliphatic heterocycles. The SMILES string of the molecule is CC(C)(C)C1=C[C@]2(C(C)(C)C)C(=O)C(=O)[C@H]1[C@H]1C=C[C@@H]12. The van der Waals surface area contributed by atoms with Crippen LogP contribution in [-0.4, -0.2) is 11.6 Å². The lowest BCUT2D eigenvalue weighted by Crippen LogP contribution is -2.65. The highest BCUT2D eigenvalue weighted by molar-refractivity contribution is 6.43. The van der Waals surface area contributed by atoms with Crippen molar-refractivity contribution < 1.29 is 9.59 Å². The standard InChI is InChI=1S/C18H24O2/c1-16(2,3)12-9-18(17(4,5)6)11-8-7-10(11)13(12)14(19)15(18)20/h7-11,13H,1-6H3/t10-,11-,13-,18+/m0/s1. The Morgan fingerprint density at radius 2 is 1.60 bits per heavy atom. The Kier molecular flexibility index (Phi) is 2.43. The first-order valence-electron chi connectivity index (χ1n) is 7.52. The molecule has 108 valence electrons. The van der Waals surface area contributed by atoms with Crippen LogP contribution in [0, 0.1) is 34.0 Å². The van der Waals surface area contributed by atoms with Crippen LogP contribution in [0.2, 0.25) is 0 Å². The summed E-state index contributed by atoms with van der Waals surface area (Å²) in [5.74, 6) is -0.0734. The molecule has 4 rings (SSSR count). The van der Waals surface area contributed by atoms with Crippen molar-refractivity contribution in [3.05, 3.63) is 23.8 Å². The number of Topliss-reactive ketones (excluding diaryl/α,β-unsaturated/α-hetero) is 2. The summed E-state index contributed by atoms with van der Waals surface area (Å²) in [7, 11) is 0. The lowest BCUT2D eigenvalue weighted by atomic mass is 9.40. The van der Waals surface area contributed by atoms with Crippen LogP contribution in [0.1, 0.15) is 41.5 Å². The molecule has 2 bridgehead atoms. The second kappa shape index (κ2) is 3.52. The van der Waals surface area contributed by atoms with Crippen molar-refractivity contribution in [1.29, 1.82) is 0 Å². The third kappa shape index (κ3) is 1.35. The largest absolute Gasteiger partial charge is 0.290 e. The van der Waals surface area contributed by atoms with Gasteiger partial charge in [-0.05, 0) is 16.7 Å². The molecule has 1 saturated carbocycles. The van der Waals surface area contributed by atoms with Crippen LogP contribution in [-0.2, 0) is 9.59 Å². The first-order valence-corrected chi connectivity index (χ1v) is 7.52. The fraction of sp³-hybridized carbons (Fsp3) is 0.667. The van der Waals surface area contributed by atoms with E-state index >= 15 is 0 Å². The fourth-order valence-corrected chi connectivity index (χ4v) is 4.38. The van der Waals surface area contributed by atoms with Gasteiger partial charge in [0.1, 0.15) is 0 Å². The second-order valence-corrected chi connectivity index (χ2v) is 8.63. The summed E-state index contributed by atoms with van der Waals surface area (Å²) < 4.78 is 0. The van der Waals surface area contributed by atoms with Crippen molar-refractivity contribution >= 4 is 11.6 Å². The molecule has 4 aliphatic rings. The van der Waals surface area contributed by atoms with E-state index in [0.717, 1.165) is 0 Å². The summed E-state index contributed by atoms with van der Waals surface area (Å²) in [6.45, 7) is 12.7. The van der Waals surface area contributed by atoms with Gasteiger partial charge in [0.2, 0.25) is 11.6 Å². The van der Waals surface area contributed by atoms with Crippen LogP contribution in [0.5, 0.6) is 0 Å². The Balaban J connectivity index is 2.30. The predicted octanol–water partition coefficient (Wildman–Crippen LogP) is 3.58. The van der Waals surface area contributed by atoms with Gasteiger partial charge in [0.25, 0.3) is 0 Å². The van der Waals surface area contributed by atoms with Gasteiger partial charge in [-0.15, -0.1) is 0 Å². The highest BCUT2D eigenvalue weighted by Crippen LogP contribution is 2.65. The molecule has 1 fully saturated rings. The molecule has 0 spiro atoms. The molecular formula is C18H24O2. The van der Waals surface area contributed by atoms with Crippen molar-refractivity contribution in [3.8, 4) is 0 Å². The average Bonchev–Trinajstić information content (AvgIpc) is 2.22. The zero-order chi connectivity index (χ0) is 15.1. The van der Waals surface area contributed by atoms with Gasteiger partial charge in [0.15, 0.2) is 0 Å². The summed E-state index contributed by atoms with van der Waals surface area (Å²) in [5, 5.41) is 0. The van der Waals surface area contributed by atoms with E-state index in [1.807, 2.05) is 0 Å². The van der Waals surface area contributed by atoms with Gasteiger partial charge in [-0.25, -0.2) is 0 Å². The molecule has 0 heterocycles. The minimum atomic E-state index is -0.638. The number of carbonyl (C=O) groups is 2. The highest BCUT2D eigenvalue weighted by Gasteiger charge is 2.67. The maximum Gasteiger partial charge on any atom is 0.210 e. The molecule has 0 aromatic carbocycles. The molecule has 0 unspecified atom stereocenters. The number of ketones is 2. The van der Waals surface area contributed by atoms with Crippen LogP contribution in [0.15, 0.2) is 23.8 Å². The molecule has 2 nitrogen and oxygen atoms in total. The molecule has 0 N–H and O–H groups in total. The van der Waals surface area contributed by atoms with Crippen molar-refractivity contribution in [1.82, 2.24) is 0 Å². The second-order valence-electron chi connectivity index (χ2n) is 8.63. The molecule has 0 aromatic heterocycles. The van der Waals surface area contributed by atoms with Crippen LogP contribution in [0.25, 0.3) is 0 Å². The van der Waals surface area contributed by atoms with Crippen LogP contribution in [0.4, 0.5) is 0 Å². The number of carbonyl (C=O) groups excluding carboxylic acids is 2. The van der Waals surface area contributed by atoms with Crippen molar-refractivity contribution in [2.45, 2.75) is 41.5 Å². The van der Waals surface area contributed by atoms with E-state index in [2.05, 4.69) is 59.8 Å². The van der Waals surface area contributed by atoms with Crippen molar-refractivity contribution in [2.24, 2.45) is 34.0 Å². The Labute approximate surface area is 121 Å². The molecule has 20 heavy (non-hydrogen) atoms. The summed E-state index contributed by atoms with van der Waals surface area (Å²) in [6, 6.07) is 0. The van der Waals surface area contributed by atoms with E-state index in [1.165, 1.54) is 5.57 Å². The summed E-state index contributed by atoms with van der Waals surface area (Å²) in [4.78, 5) is 25.5. The summed E-state index contributed by atoms with van der Waals surface area (Å²) in [6.07, 6.45) is 6.45. The molecule has 0 amide bonds. The zero-order valence-electron chi connectivity index (χ0n) is 13.3. The van der Waals surface area contributed by atoms with Crippen LogP contribution >= 0.6 is 0 Å². The first kappa shape index (κ1) is 13.8. The van der Waals surface area contributed by atoms with Gasteiger partial charge >= 0.3 is 0 Å². The van der Waals surface area contributed by atoms with E-state index in [4.69, 9.17) is 0 Å². The summed E-state index contributed by atoms with van der Waals surface area (Å²) >= 11 is 0. The number of hydrogen-bond donors (Lipinski definition) is 0. The van der Waals surface area contributed by atoms with Gasteiger partial charge in [0, 0.05) is 5.92 Å². The van der Waals surface area contributed by atoms with E-state index in [1.54, 1.807) is 0 Å². The Morgan fingerprint density at radius 1 is 1.00 bits per heavy atom. The number of allylic oxidation sites excluding steroid dienone is 4. The predicted molar refractivity (Wildman–Crippen MR) is 79.1 cm³/mol. The number of fused-ring (bicyclic) bond motifs is 1. The van der Waals surface area contributed by atoms with Crippen LogP contribution < -0.4 is 0 Å². The Hall–Kier alpha value is -1.18. The smallest absolute Gasteiger partial charge is 0.210 e. The molecule has 4 atom stereocenters. The van der Waals surface area contributed by atoms with E-state index < -0.39 is 5.41 Å². The third-order valence-electron chi connectivity index (χ3n) is 5.57. The maximum atomic E-state index is 12.8. The minimum Gasteiger partial charge on any atom is -0.290 e. The first-order chi connectivity index (χ1) is 9.02. The van der Waals surface area contributed by atoms with E-state index in [9.17, 15) is 9.59 Å². The zero-order valence-corrected chi connectivity index (χ0v) is 13.3. The number of rotatable bonds is 0. The Morgan fingerprint density at radius 3 is 2.00 bits per heavy atom. The van der Waals surface area contributed by atoms with Gasteiger partial charge in [0.05, 0.1) is 11.3 Å². The normalized spacial score (nSPS) is 39.5. The average molecular weight is 272 g/mol. The molecule has 0 saturated heterocycles. The highest BCUT2D eigenvalue weighted by atomic mass is 16.2. The Bertz CT molecular complexity index is 565. The quantitative estimate of drug-likeness (QED) is 0.499. The lowest BCUT2D eigenvalue weighted by molar-refractivity contribution is -0.158. The van der Waals surface area contributed by atoms with E-state index in [-0.39, 0.29) is 40.2 Å². The topological polar surface area (TPSA) is 34.1 Å². The molecule has 2 heteroatoms. The molecule has 0 radical (unpaired) electrons. The monoisotopic (exact) mass is 272 g/mol. The number of hydrogen-bond acceptors (Lipinski definition) is 2. The minimum absolute atomic E-state index is 0.0636. The summed E-state index contributed by atoms with van der Waals surface area (Å²) in [5.41, 5.74) is 0.227. The fourth-order valence-electron chi connectivity index (χ4n) is 4.38.